The third-order valence-corrected chi connectivity index (χ3v) is 8.44. The van der Waals surface area contributed by atoms with Gasteiger partial charge in [-0.2, -0.15) is 0 Å². The molecule has 0 amide bonds. The Morgan fingerprint density at radius 2 is 0.417 bits per heavy atom. The molecule has 0 spiro atoms. The zero-order valence-corrected chi connectivity index (χ0v) is 28.2. The first-order valence-corrected chi connectivity index (χ1v) is 17.1. The van der Waals surface area contributed by atoms with Gasteiger partial charge in [0.2, 0.25) is 0 Å². The van der Waals surface area contributed by atoms with Crippen LogP contribution in [-0.2, 0) is 0 Å². The van der Waals surface area contributed by atoms with Crippen molar-refractivity contribution in [2.45, 2.75) is 195 Å². The molecule has 0 unspecified atom stereocenters. The van der Waals surface area contributed by atoms with Crippen molar-refractivity contribution in [3.63, 3.8) is 0 Å². The average Bonchev–Trinajstić information content (AvgIpc) is 2.87. The first-order chi connectivity index (χ1) is 17.2. The lowest BCUT2D eigenvalue weighted by atomic mass is 10.0. The number of nitrogens with zero attached hydrogens (tertiary/aromatic N) is 1. The van der Waals surface area contributed by atoms with Crippen LogP contribution in [0.3, 0.4) is 0 Å². The molecule has 0 aliphatic heterocycles. The Hall–Kier alpha value is 0.690. The summed E-state index contributed by atoms with van der Waals surface area (Å²) < 4.78 is 1.48. The van der Waals surface area contributed by atoms with Crippen molar-refractivity contribution in [2.24, 2.45) is 0 Å². The second kappa shape index (κ2) is 31.9. The van der Waals surface area contributed by atoms with Gasteiger partial charge < -0.3 is 28.5 Å². The minimum Gasteiger partial charge on any atom is -1.00 e. The van der Waals surface area contributed by atoms with E-state index in [9.17, 15) is 0 Å². The Morgan fingerprint density at radius 3 is 0.611 bits per heavy atom. The van der Waals surface area contributed by atoms with Crippen LogP contribution in [-0.4, -0.2) is 30.7 Å². The molecule has 36 heavy (non-hydrogen) atoms. The fraction of sp³-hybridized carbons (Fsp3) is 1.00. The molecule has 0 aromatic carbocycles. The van der Waals surface area contributed by atoms with Gasteiger partial charge in [-0.05, 0) is 51.4 Å². The smallest absolute Gasteiger partial charge is 0.0786 e. The topological polar surface area (TPSA) is 0 Å². The van der Waals surface area contributed by atoms with Gasteiger partial charge in [0.25, 0.3) is 0 Å². The first kappa shape index (κ1) is 38.8. The van der Waals surface area contributed by atoms with Gasteiger partial charge in [0.05, 0.1) is 26.2 Å². The van der Waals surface area contributed by atoms with E-state index in [0.717, 1.165) is 0 Å². The van der Waals surface area contributed by atoms with E-state index in [0.29, 0.717) is 0 Å². The molecular weight excluding hydrogens is 549 g/mol. The largest absolute Gasteiger partial charge is 1.00 e. The molecule has 0 N–H and O–H groups in total. The molecule has 0 aliphatic rings. The molecule has 0 aromatic rings. The maximum atomic E-state index is 2.34. The number of hydrogen-bond donors (Lipinski definition) is 0. The monoisotopic (exact) mass is 621 g/mol. The Balaban J connectivity index is 0. The van der Waals surface area contributed by atoms with Crippen LogP contribution < -0.4 is 24.0 Å². The number of unbranched alkanes of at least 4 members (excludes halogenated alkanes) is 22. The van der Waals surface area contributed by atoms with E-state index < -0.39 is 0 Å². The van der Waals surface area contributed by atoms with E-state index in [1.807, 2.05) is 0 Å². The average molecular weight is 622 g/mol. The van der Waals surface area contributed by atoms with Gasteiger partial charge in [-0.1, -0.05) is 143 Å². The Labute approximate surface area is 248 Å². The minimum absolute atomic E-state index is 0. The summed E-state index contributed by atoms with van der Waals surface area (Å²) in [6.45, 7) is 15.3. The number of halogens is 1. The van der Waals surface area contributed by atoms with Crippen LogP contribution in [0.15, 0.2) is 0 Å². The Morgan fingerprint density at radius 1 is 0.250 bits per heavy atom. The van der Waals surface area contributed by atoms with Crippen LogP contribution >= 0.6 is 0 Å². The molecule has 220 valence electrons. The lowest BCUT2D eigenvalue weighted by Gasteiger charge is -2.40. The lowest BCUT2D eigenvalue weighted by Crippen LogP contribution is -3.00. The van der Waals surface area contributed by atoms with E-state index in [1.165, 1.54) is 198 Å². The van der Waals surface area contributed by atoms with Crippen molar-refractivity contribution in [3.8, 4) is 0 Å². The maximum absolute atomic E-state index is 2.34. The summed E-state index contributed by atoms with van der Waals surface area (Å²) >= 11 is 0. The zero-order valence-electron chi connectivity index (χ0n) is 26.0. The fourth-order valence-electron chi connectivity index (χ4n) is 5.93. The second-order valence-corrected chi connectivity index (χ2v) is 12.0. The standard InChI is InChI=1S/C34H72N.HI/c1-5-9-13-17-21-22-26-30-34-35(31-27-23-18-14-10-6-2,32-28-24-19-15-11-7-3)33-29-25-20-16-12-8-4;/h5-34H2,1-4H3;1H/q+1;/p-1. The molecule has 0 saturated heterocycles. The number of hydrogen-bond acceptors (Lipinski definition) is 0. The summed E-state index contributed by atoms with van der Waals surface area (Å²) in [4.78, 5) is 0. The Kier molecular flexibility index (Phi) is 34.4. The van der Waals surface area contributed by atoms with Crippen LogP contribution in [0.2, 0.25) is 0 Å². The van der Waals surface area contributed by atoms with E-state index in [2.05, 4.69) is 27.7 Å². The molecule has 0 rings (SSSR count). The summed E-state index contributed by atoms with van der Waals surface area (Å²) in [7, 11) is 0. The van der Waals surface area contributed by atoms with Crippen LogP contribution in [0.4, 0.5) is 0 Å². The summed E-state index contributed by atoms with van der Waals surface area (Å²) in [5.74, 6) is 0. The molecule has 1 nitrogen and oxygen atoms in total. The van der Waals surface area contributed by atoms with Gasteiger partial charge in [0.15, 0.2) is 0 Å². The molecule has 0 aromatic heterocycles. The van der Waals surface area contributed by atoms with Crippen molar-refractivity contribution >= 4 is 0 Å². The van der Waals surface area contributed by atoms with Crippen LogP contribution in [0.25, 0.3) is 0 Å². The molecule has 0 bridgehead atoms. The van der Waals surface area contributed by atoms with Crippen molar-refractivity contribution in [1.82, 2.24) is 0 Å². The molecule has 0 heterocycles. The Bertz CT molecular complexity index is 343. The zero-order chi connectivity index (χ0) is 25.7. The van der Waals surface area contributed by atoms with Gasteiger partial charge in [-0.15, -0.1) is 0 Å². The van der Waals surface area contributed by atoms with Gasteiger partial charge >= 0.3 is 0 Å². The fourth-order valence-corrected chi connectivity index (χ4v) is 5.93. The van der Waals surface area contributed by atoms with E-state index in [1.54, 1.807) is 0 Å². The maximum Gasteiger partial charge on any atom is 0.0786 e. The van der Waals surface area contributed by atoms with Crippen molar-refractivity contribution in [1.29, 1.82) is 0 Å². The summed E-state index contributed by atoms with van der Waals surface area (Å²) in [5.41, 5.74) is 0. The number of quaternary nitrogens is 1. The molecule has 2 heteroatoms. The minimum atomic E-state index is 0. The summed E-state index contributed by atoms with van der Waals surface area (Å²) in [5, 5.41) is 0. The van der Waals surface area contributed by atoms with E-state index in [4.69, 9.17) is 0 Å². The van der Waals surface area contributed by atoms with Crippen molar-refractivity contribution < 1.29 is 28.5 Å². The highest BCUT2D eigenvalue weighted by atomic mass is 127. The predicted octanol–water partition coefficient (Wildman–Crippen LogP) is 9.03. The molecule has 0 aliphatic carbocycles. The molecule has 0 saturated carbocycles. The van der Waals surface area contributed by atoms with Crippen molar-refractivity contribution in [2.75, 3.05) is 26.2 Å². The van der Waals surface area contributed by atoms with Gasteiger partial charge in [-0.25, -0.2) is 0 Å². The normalized spacial score (nSPS) is 11.7. The third-order valence-electron chi connectivity index (χ3n) is 8.44. The van der Waals surface area contributed by atoms with Gasteiger partial charge in [0.1, 0.15) is 0 Å². The quantitative estimate of drug-likeness (QED) is 0.0427. The van der Waals surface area contributed by atoms with Crippen LogP contribution in [0, 0.1) is 0 Å². The van der Waals surface area contributed by atoms with Crippen molar-refractivity contribution in [3.05, 3.63) is 0 Å². The molecular formula is C34H72IN. The van der Waals surface area contributed by atoms with Crippen LogP contribution in [0.1, 0.15) is 195 Å². The first-order valence-electron chi connectivity index (χ1n) is 17.1. The summed E-state index contributed by atoms with van der Waals surface area (Å²) in [6.07, 6.45) is 37.8. The highest BCUT2D eigenvalue weighted by molar-refractivity contribution is 4.55. The number of rotatable bonds is 30. The highest BCUT2D eigenvalue weighted by Gasteiger charge is 2.25. The SMILES string of the molecule is CCCCCCCCCC[N+](CCCCCCCC)(CCCCCCCC)CCCCCCCC.[I-]. The van der Waals surface area contributed by atoms with Gasteiger partial charge in [0, 0.05) is 0 Å². The van der Waals surface area contributed by atoms with Crippen LogP contribution in [0.5, 0.6) is 0 Å². The predicted molar refractivity (Wildman–Crippen MR) is 162 cm³/mol. The highest BCUT2D eigenvalue weighted by Crippen LogP contribution is 2.21. The third kappa shape index (κ3) is 26.3. The van der Waals surface area contributed by atoms with Gasteiger partial charge in [-0.3, -0.25) is 0 Å². The lowest BCUT2D eigenvalue weighted by molar-refractivity contribution is -0.929. The van der Waals surface area contributed by atoms with E-state index >= 15 is 0 Å². The van der Waals surface area contributed by atoms with E-state index in [-0.39, 0.29) is 24.0 Å². The molecule has 0 atom stereocenters. The molecule has 0 fully saturated rings. The molecule has 0 radical (unpaired) electrons. The summed E-state index contributed by atoms with van der Waals surface area (Å²) in [6, 6.07) is 0. The second-order valence-electron chi connectivity index (χ2n) is 12.0.